The van der Waals surface area contributed by atoms with E-state index in [0.29, 0.717) is 11.0 Å². The largest absolute Gasteiger partial charge is 0.383 e. The Bertz CT molecular complexity index is 1340. The minimum atomic E-state index is -1.42. The molecule has 4 rings (SSSR count). The molecule has 10 heteroatoms. The smallest absolute Gasteiger partial charge is 0.249 e. The standard InChI is InChI=1S/C25H23F2N5O3/c1-35-14-13-28-25(34)24(19-9-2-3-10-20(19)27)32(18-8-6-7-17(26)15-18)23(33)16-31-22-12-5-4-11-21(22)29-30-31/h2-12,15,24H,13-14,16H2,1H3,(H,28,34)/t24-/m1/s1. The van der Waals surface area contributed by atoms with Gasteiger partial charge in [0.05, 0.1) is 12.1 Å². The molecule has 0 spiro atoms. The van der Waals surface area contributed by atoms with Crippen LogP contribution in [-0.4, -0.2) is 47.1 Å². The Hall–Kier alpha value is -4.18. The highest BCUT2D eigenvalue weighted by Crippen LogP contribution is 2.30. The lowest BCUT2D eigenvalue weighted by atomic mass is 10.0. The van der Waals surface area contributed by atoms with E-state index in [9.17, 15) is 18.4 Å². The molecule has 3 aromatic carbocycles. The molecule has 1 heterocycles. The zero-order valence-corrected chi connectivity index (χ0v) is 18.9. The van der Waals surface area contributed by atoms with Crippen LogP contribution in [-0.2, 0) is 20.9 Å². The van der Waals surface area contributed by atoms with Gasteiger partial charge in [-0.25, -0.2) is 13.5 Å². The van der Waals surface area contributed by atoms with Gasteiger partial charge in [-0.3, -0.25) is 14.5 Å². The van der Waals surface area contributed by atoms with Gasteiger partial charge in [-0.05, 0) is 36.4 Å². The maximum atomic E-state index is 14.9. The van der Waals surface area contributed by atoms with Crippen LogP contribution in [0.5, 0.6) is 0 Å². The average Bonchev–Trinajstić information content (AvgIpc) is 3.26. The summed E-state index contributed by atoms with van der Waals surface area (Å²) in [7, 11) is 1.48. The Morgan fingerprint density at radius 1 is 1.06 bits per heavy atom. The Morgan fingerprint density at radius 2 is 1.83 bits per heavy atom. The fourth-order valence-corrected chi connectivity index (χ4v) is 3.77. The minimum absolute atomic E-state index is 0.0384. The van der Waals surface area contributed by atoms with E-state index in [4.69, 9.17) is 4.74 Å². The predicted molar refractivity (Wildman–Crippen MR) is 125 cm³/mol. The normalized spacial score (nSPS) is 11.9. The SMILES string of the molecule is COCCNC(=O)[C@@H](c1ccccc1F)N(C(=O)Cn1nnc2ccccc21)c1cccc(F)c1. The van der Waals surface area contributed by atoms with Gasteiger partial charge >= 0.3 is 0 Å². The first-order valence-corrected chi connectivity index (χ1v) is 10.9. The molecule has 0 saturated heterocycles. The molecule has 2 amide bonds. The molecule has 1 atom stereocenters. The second-order valence-electron chi connectivity index (χ2n) is 7.69. The van der Waals surface area contributed by atoms with Crippen molar-refractivity contribution in [3.63, 3.8) is 0 Å². The van der Waals surface area contributed by atoms with Gasteiger partial charge < -0.3 is 10.1 Å². The van der Waals surface area contributed by atoms with Gasteiger partial charge in [0.25, 0.3) is 0 Å². The number of amides is 2. The van der Waals surface area contributed by atoms with Crippen LogP contribution in [0.1, 0.15) is 11.6 Å². The number of benzene rings is 3. The molecular weight excluding hydrogens is 456 g/mol. The highest BCUT2D eigenvalue weighted by Gasteiger charge is 2.35. The average molecular weight is 479 g/mol. The molecule has 35 heavy (non-hydrogen) atoms. The number of anilines is 1. The molecule has 0 fully saturated rings. The van der Waals surface area contributed by atoms with Crippen LogP contribution < -0.4 is 10.2 Å². The van der Waals surface area contributed by atoms with Crippen molar-refractivity contribution >= 4 is 28.5 Å². The number of para-hydroxylation sites is 1. The highest BCUT2D eigenvalue weighted by molar-refractivity contribution is 6.01. The monoisotopic (exact) mass is 479 g/mol. The molecule has 0 aliphatic rings. The van der Waals surface area contributed by atoms with Gasteiger partial charge in [0, 0.05) is 24.9 Å². The number of ether oxygens (including phenoxy) is 1. The summed E-state index contributed by atoms with van der Waals surface area (Å²) < 4.78 is 35.5. The lowest BCUT2D eigenvalue weighted by molar-refractivity contribution is -0.127. The number of aromatic nitrogens is 3. The van der Waals surface area contributed by atoms with Gasteiger partial charge in [0.1, 0.15) is 29.7 Å². The third-order valence-corrected chi connectivity index (χ3v) is 5.37. The number of carbonyl (C=O) groups excluding carboxylic acids is 2. The molecule has 4 aromatic rings. The fraction of sp³-hybridized carbons (Fsp3) is 0.200. The zero-order valence-electron chi connectivity index (χ0n) is 18.9. The van der Waals surface area contributed by atoms with Crippen LogP contribution in [0.2, 0.25) is 0 Å². The Kier molecular flexibility index (Phi) is 7.41. The van der Waals surface area contributed by atoms with Crippen LogP contribution in [0.25, 0.3) is 11.0 Å². The van der Waals surface area contributed by atoms with E-state index < -0.39 is 29.5 Å². The first-order chi connectivity index (χ1) is 17.0. The van der Waals surface area contributed by atoms with Crippen molar-refractivity contribution in [1.82, 2.24) is 20.3 Å². The topological polar surface area (TPSA) is 89.4 Å². The molecule has 0 aliphatic carbocycles. The summed E-state index contributed by atoms with van der Waals surface area (Å²) >= 11 is 0. The van der Waals surface area contributed by atoms with E-state index in [-0.39, 0.29) is 30.9 Å². The van der Waals surface area contributed by atoms with Crippen molar-refractivity contribution in [2.24, 2.45) is 0 Å². The minimum Gasteiger partial charge on any atom is -0.383 e. The van der Waals surface area contributed by atoms with Crippen molar-refractivity contribution in [3.8, 4) is 0 Å². The quantitative estimate of drug-likeness (QED) is 0.373. The Morgan fingerprint density at radius 3 is 2.60 bits per heavy atom. The highest BCUT2D eigenvalue weighted by atomic mass is 19.1. The molecule has 0 radical (unpaired) electrons. The summed E-state index contributed by atoms with van der Waals surface area (Å²) in [5.74, 6) is -2.55. The zero-order chi connectivity index (χ0) is 24.8. The van der Waals surface area contributed by atoms with Gasteiger partial charge in [-0.1, -0.05) is 41.6 Å². The number of methoxy groups -OCH3 is 1. The maximum absolute atomic E-state index is 14.9. The number of hydrogen-bond acceptors (Lipinski definition) is 5. The lowest BCUT2D eigenvalue weighted by Gasteiger charge is -2.31. The number of hydrogen-bond donors (Lipinski definition) is 1. The number of fused-ring (bicyclic) bond motifs is 1. The van der Waals surface area contributed by atoms with E-state index in [1.54, 1.807) is 30.3 Å². The van der Waals surface area contributed by atoms with Crippen molar-refractivity contribution in [2.45, 2.75) is 12.6 Å². The molecule has 8 nitrogen and oxygen atoms in total. The number of carbonyl (C=O) groups is 2. The van der Waals surface area contributed by atoms with Crippen LogP contribution in [0, 0.1) is 11.6 Å². The maximum Gasteiger partial charge on any atom is 0.249 e. The number of halogens is 2. The van der Waals surface area contributed by atoms with Gasteiger partial charge in [-0.15, -0.1) is 5.10 Å². The third-order valence-electron chi connectivity index (χ3n) is 5.37. The van der Waals surface area contributed by atoms with E-state index in [1.165, 1.54) is 48.2 Å². The first-order valence-electron chi connectivity index (χ1n) is 10.9. The molecule has 1 N–H and O–H groups in total. The summed E-state index contributed by atoms with van der Waals surface area (Å²) in [6.45, 7) is 0.0428. The van der Waals surface area contributed by atoms with E-state index in [1.807, 2.05) is 0 Å². The molecule has 1 aromatic heterocycles. The number of nitrogens with zero attached hydrogens (tertiary/aromatic N) is 4. The predicted octanol–water partition coefficient (Wildman–Crippen LogP) is 3.25. The Labute approximate surface area is 200 Å². The number of nitrogens with one attached hydrogen (secondary N) is 1. The Balaban J connectivity index is 1.79. The summed E-state index contributed by atoms with van der Waals surface area (Å²) in [6.07, 6.45) is 0. The molecule has 0 unspecified atom stereocenters. The second kappa shape index (κ2) is 10.8. The van der Waals surface area contributed by atoms with Crippen molar-refractivity contribution in [3.05, 3.63) is 90.0 Å². The first kappa shape index (κ1) is 24.0. The van der Waals surface area contributed by atoms with Crippen molar-refractivity contribution in [1.29, 1.82) is 0 Å². The van der Waals surface area contributed by atoms with Crippen LogP contribution >= 0.6 is 0 Å². The van der Waals surface area contributed by atoms with E-state index in [2.05, 4.69) is 15.6 Å². The van der Waals surface area contributed by atoms with E-state index >= 15 is 0 Å². The molecule has 0 aliphatic heterocycles. The summed E-state index contributed by atoms with van der Waals surface area (Å²) in [4.78, 5) is 28.1. The molecule has 0 bridgehead atoms. The fourth-order valence-electron chi connectivity index (χ4n) is 3.77. The van der Waals surface area contributed by atoms with Crippen LogP contribution in [0.3, 0.4) is 0 Å². The summed E-state index contributed by atoms with van der Waals surface area (Å²) in [5, 5.41) is 10.8. The van der Waals surface area contributed by atoms with Crippen molar-refractivity contribution < 1.29 is 23.1 Å². The van der Waals surface area contributed by atoms with Crippen molar-refractivity contribution in [2.75, 3.05) is 25.2 Å². The molecule has 180 valence electrons. The lowest BCUT2D eigenvalue weighted by Crippen LogP contribution is -2.46. The summed E-state index contributed by atoms with van der Waals surface area (Å²) in [6, 6.07) is 16.5. The van der Waals surface area contributed by atoms with Crippen LogP contribution in [0.4, 0.5) is 14.5 Å². The number of rotatable bonds is 9. The van der Waals surface area contributed by atoms with Crippen LogP contribution in [0.15, 0.2) is 72.8 Å². The van der Waals surface area contributed by atoms with Gasteiger partial charge in [-0.2, -0.15) is 0 Å². The molecular formula is C25H23F2N5O3. The molecule has 0 saturated carbocycles. The second-order valence-corrected chi connectivity index (χ2v) is 7.69. The van der Waals surface area contributed by atoms with Gasteiger partial charge in [0.15, 0.2) is 0 Å². The third kappa shape index (κ3) is 5.33. The van der Waals surface area contributed by atoms with Gasteiger partial charge in [0.2, 0.25) is 11.8 Å². The van der Waals surface area contributed by atoms with E-state index in [0.717, 1.165) is 11.0 Å². The summed E-state index contributed by atoms with van der Waals surface area (Å²) in [5.41, 5.74) is 1.24.